The second-order valence-electron chi connectivity index (χ2n) is 3.80. The lowest BCUT2D eigenvalue weighted by Gasteiger charge is -2.09. The van der Waals surface area contributed by atoms with Crippen LogP contribution in [0.1, 0.15) is 6.92 Å². The Balaban J connectivity index is 2.58. The van der Waals surface area contributed by atoms with E-state index in [1.807, 2.05) is 6.07 Å². The normalized spacial score (nSPS) is 13.1. The average Bonchev–Trinajstić information content (AvgIpc) is 2.37. The number of aromatic nitrogens is 1. The zero-order chi connectivity index (χ0) is 13.2. The largest absolute Gasteiger partial charge is 0.256 e. The van der Waals surface area contributed by atoms with Gasteiger partial charge in [0, 0.05) is 11.6 Å². The SMILES string of the molecule is C[C@@H](C#N)NS(=O)(=O)c1cccc2ncccc12. The molecule has 2 aromatic rings. The second-order valence-corrected chi connectivity index (χ2v) is 5.48. The van der Waals surface area contributed by atoms with Crippen molar-refractivity contribution in [3.63, 3.8) is 0 Å². The lowest BCUT2D eigenvalue weighted by Crippen LogP contribution is -2.31. The van der Waals surface area contributed by atoms with Gasteiger partial charge in [0.15, 0.2) is 0 Å². The Hall–Kier alpha value is -1.97. The minimum atomic E-state index is -3.71. The monoisotopic (exact) mass is 261 g/mol. The first-order valence-corrected chi connectivity index (χ1v) is 6.78. The molecule has 1 aromatic heterocycles. The number of nitrogens with one attached hydrogen (secondary N) is 1. The van der Waals surface area contributed by atoms with Gasteiger partial charge < -0.3 is 0 Å². The maximum absolute atomic E-state index is 12.1. The van der Waals surface area contributed by atoms with Gasteiger partial charge in [-0.15, -0.1) is 0 Å². The van der Waals surface area contributed by atoms with Crippen molar-refractivity contribution in [1.29, 1.82) is 5.26 Å². The Morgan fingerprint density at radius 3 is 2.83 bits per heavy atom. The van der Waals surface area contributed by atoms with Gasteiger partial charge in [-0.25, -0.2) is 8.42 Å². The third-order valence-electron chi connectivity index (χ3n) is 2.42. The number of sulfonamides is 1. The number of benzene rings is 1. The molecule has 2 rings (SSSR count). The summed E-state index contributed by atoms with van der Waals surface area (Å²) in [5, 5.41) is 9.21. The van der Waals surface area contributed by atoms with E-state index in [1.165, 1.54) is 13.0 Å². The first-order valence-electron chi connectivity index (χ1n) is 5.30. The average molecular weight is 261 g/mol. The third-order valence-corrected chi connectivity index (χ3v) is 4.02. The standard InChI is InChI=1S/C12H11N3O2S/c1-9(8-13)15-18(16,17)12-6-2-5-11-10(12)4-3-7-14-11/h2-7,9,15H,1H3/t9-/m0/s1. The molecule has 1 atom stereocenters. The quantitative estimate of drug-likeness (QED) is 0.905. The van der Waals surface area contributed by atoms with Crippen molar-refractivity contribution in [3.8, 4) is 6.07 Å². The molecule has 6 heteroatoms. The molecule has 0 aliphatic heterocycles. The molecule has 0 radical (unpaired) electrons. The summed E-state index contributed by atoms with van der Waals surface area (Å²) in [5.41, 5.74) is 0.602. The molecule has 0 saturated carbocycles. The van der Waals surface area contributed by atoms with E-state index < -0.39 is 16.1 Å². The Bertz CT molecular complexity index is 714. The molecule has 1 aromatic carbocycles. The fourth-order valence-corrected chi connectivity index (χ4v) is 3.00. The number of nitriles is 1. The summed E-state index contributed by atoms with van der Waals surface area (Å²) in [6.07, 6.45) is 1.60. The van der Waals surface area contributed by atoms with E-state index in [4.69, 9.17) is 5.26 Å². The number of rotatable bonds is 3. The molecule has 0 fully saturated rings. The molecule has 18 heavy (non-hydrogen) atoms. The van der Waals surface area contributed by atoms with Crippen LogP contribution in [0.2, 0.25) is 0 Å². The first-order chi connectivity index (χ1) is 8.54. The number of nitrogens with zero attached hydrogens (tertiary/aromatic N) is 2. The van der Waals surface area contributed by atoms with E-state index in [9.17, 15) is 8.42 Å². The van der Waals surface area contributed by atoms with Crippen LogP contribution in [-0.4, -0.2) is 19.4 Å². The van der Waals surface area contributed by atoms with E-state index >= 15 is 0 Å². The maximum Gasteiger partial charge on any atom is 0.242 e. The van der Waals surface area contributed by atoms with Gasteiger partial charge in [-0.2, -0.15) is 9.98 Å². The molecule has 0 aliphatic carbocycles. The second kappa shape index (κ2) is 4.72. The van der Waals surface area contributed by atoms with Crippen LogP contribution in [-0.2, 0) is 10.0 Å². The summed E-state index contributed by atoms with van der Waals surface area (Å²) in [4.78, 5) is 4.23. The van der Waals surface area contributed by atoms with Crippen LogP contribution >= 0.6 is 0 Å². The zero-order valence-electron chi connectivity index (χ0n) is 9.66. The van der Waals surface area contributed by atoms with Gasteiger partial charge in [-0.05, 0) is 31.2 Å². The summed E-state index contributed by atoms with van der Waals surface area (Å²) in [7, 11) is -3.71. The van der Waals surface area contributed by atoms with Crippen molar-refractivity contribution < 1.29 is 8.42 Å². The fourth-order valence-electron chi connectivity index (χ4n) is 1.63. The minimum Gasteiger partial charge on any atom is -0.256 e. The van der Waals surface area contributed by atoms with Crippen molar-refractivity contribution in [1.82, 2.24) is 9.71 Å². The van der Waals surface area contributed by atoms with Crippen molar-refractivity contribution in [2.24, 2.45) is 0 Å². The van der Waals surface area contributed by atoms with Crippen molar-refractivity contribution >= 4 is 20.9 Å². The Kier molecular flexibility index (Phi) is 3.28. The van der Waals surface area contributed by atoms with Gasteiger partial charge in [-0.1, -0.05) is 6.07 Å². The lowest BCUT2D eigenvalue weighted by molar-refractivity contribution is 0.578. The first kappa shape index (κ1) is 12.5. The van der Waals surface area contributed by atoms with E-state index in [1.54, 1.807) is 30.5 Å². The Morgan fingerprint density at radius 1 is 1.33 bits per heavy atom. The summed E-state index contributed by atoms with van der Waals surface area (Å²) < 4.78 is 26.5. The van der Waals surface area contributed by atoms with Crippen LogP contribution < -0.4 is 4.72 Å². The van der Waals surface area contributed by atoms with Gasteiger partial charge in [-0.3, -0.25) is 4.98 Å². The molecule has 1 N–H and O–H groups in total. The maximum atomic E-state index is 12.1. The molecular weight excluding hydrogens is 250 g/mol. The van der Waals surface area contributed by atoms with Crippen LogP contribution in [0.15, 0.2) is 41.4 Å². The molecule has 0 aliphatic rings. The highest BCUT2D eigenvalue weighted by Crippen LogP contribution is 2.21. The summed E-state index contributed by atoms with van der Waals surface area (Å²) in [5.74, 6) is 0. The van der Waals surface area contributed by atoms with E-state index in [2.05, 4.69) is 9.71 Å². The van der Waals surface area contributed by atoms with E-state index in [-0.39, 0.29) is 4.90 Å². The van der Waals surface area contributed by atoms with Crippen LogP contribution in [0.4, 0.5) is 0 Å². The van der Waals surface area contributed by atoms with Crippen LogP contribution in [0, 0.1) is 11.3 Å². The predicted octanol–water partition coefficient (Wildman–Crippen LogP) is 1.43. The minimum absolute atomic E-state index is 0.134. The van der Waals surface area contributed by atoms with Gasteiger partial charge in [0.25, 0.3) is 0 Å². The topological polar surface area (TPSA) is 82.9 Å². The number of hydrogen-bond donors (Lipinski definition) is 1. The van der Waals surface area contributed by atoms with Crippen molar-refractivity contribution in [2.45, 2.75) is 17.9 Å². The van der Waals surface area contributed by atoms with Crippen LogP contribution in [0.3, 0.4) is 0 Å². The number of fused-ring (bicyclic) bond motifs is 1. The molecule has 1 heterocycles. The molecule has 0 unspecified atom stereocenters. The number of hydrogen-bond acceptors (Lipinski definition) is 4. The van der Waals surface area contributed by atoms with Crippen molar-refractivity contribution in [2.75, 3.05) is 0 Å². The highest BCUT2D eigenvalue weighted by atomic mass is 32.2. The lowest BCUT2D eigenvalue weighted by atomic mass is 10.2. The van der Waals surface area contributed by atoms with Gasteiger partial charge >= 0.3 is 0 Å². The molecule has 0 spiro atoms. The Morgan fingerprint density at radius 2 is 2.11 bits per heavy atom. The van der Waals surface area contributed by atoms with Crippen LogP contribution in [0.5, 0.6) is 0 Å². The predicted molar refractivity (Wildman–Crippen MR) is 67.1 cm³/mol. The van der Waals surface area contributed by atoms with Gasteiger partial charge in [0.2, 0.25) is 10.0 Å². The van der Waals surface area contributed by atoms with E-state index in [0.717, 1.165) is 0 Å². The molecule has 92 valence electrons. The smallest absolute Gasteiger partial charge is 0.242 e. The molecular formula is C12H11N3O2S. The summed E-state index contributed by atoms with van der Waals surface area (Å²) in [6, 6.07) is 9.28. The molecule has 5 nitrogen and oxygen atoms in total. The van der Waals surface area contributed by atoms with E-state index in [0.29, 0.717) is 10.9 Å². The highest BCUT2D eigenvalue weighted by Gasteiger charge is 2.19. The number of pyridine rings is 1. The third kappa shape index (κ3) is 2.32. The summed E-state index contributed by atoms with van der Waals surface area (Å²) in [6.45, 7) is 1.49. The fraction of sp³-hybridized carbons (Fsp3) is 0.167. The molecule has 0 saturated heterocycles. The van der Waals surface area contributed by atoms with Crippen LogP contribution in [0.25, 0.3) is 10.9 Å². The van der Waals surface area contributed by atoms with Crippen molar-refractivity contribution in [3.05, 3.63) is 36.5 Å². The Labute approximate surface area is 105 Å². The summed E-state index contributed by atoms with van der Waals surface area (Å²) >= 11 is 0. The van der Waals surface area contributed by atoms with Gasteiger partial charge in [0.05, 0.1) is 16.5 Å². The highest BCUT2D eigenvalue weighted by molar-refractivity contribution is 7.89. The van der Waals surface area contributed by atoms with Gasteiger partial charge in [0.1, 0.15) is 6.04 Å². The zero-order valence-corrected chi connectivity index (χ0v) is 10.5. The molecule has 0 bridgehead atoms. The molecule has 0 amide bonds.